The molecule has 0 bridgehead atoms. The Hall–Kier alpha value is -0.920. The van der Waals surface area contributed by atoms with Crippen molar-refractivity contribution in [2.45, 2.75) is 37.2 Å². The number of aliphatic hydroxyl groups excluding tert-OH is 1. The Morgan fingerprint density at radius 1 is 1.56 bits per heavy atom. The van der Waals surface area contributed by atoms with Gasteiger partial charge in [-0.25, -0.2) is 8.42 Å². The highest BCUT2D eigenvalue weighted by Crippen LogP contribution is 2.07. The molecule has 0 fully saturated rings. The minimum Gasteiger partial charge on any atom is -0.396 e. The number of hydrogen-bond acceptors (Lipinski definition) is 5. The summed E-state index contributed by atoms with van der Waals surface area (Å²) in [5, 5.41) is 16.3. The molecule has 0 radical (unpaired) electrons. The molecule has 2 N–H and O–H groups in total. The second-order valence-corrected chi connectivity index (χ2v) is 6.35. The molecule has 0 amide bonds. The maximum atomic E-state index is 11.3. The molecule has 104 valence electrons. The van der Waals surface area contributed by atoms with Gasteiger partial charge in [0.1, 0.15) is 4.90 Å². The van der Waals surface area contributed by atoms with Gasteiger partial charge in [0.2, 0.25) is 0 Å². The van der Waals surface area contributed by atoms with Gasteiger partial charge in [-0.05, 0) is 19.4 Å². The van der Waals surface area contributed by atoms with Gasteiger partial charge in [-0.3, -0.25) is 4.68 Å². The first-order chi connectivity index (χ1) is 8.47. The summed E-state index contributed by atoms with van der Waals surface area (Å²) in [5.74, 6) is 0. The number of aliphatic hydroxyl groups is 1. The van der Waals surface area contributed by atoms with Crippen LogP contribution in [-0.4, -0.2) is 48.8 Å². The summed E-state index contributed by atoms with van der Waals surface area (Å²) < 4.78 is 24.2. The highest BCUT2D eigenvalue weighted by Gasteiger charge is 2.13. The van der Waals surface area contributed by atoms with Crippen molar-refractivity contribution in [3.05, 3.63) is 12.4 Å². The average Bonchev–Trinajstić information content (AvgIpc) is 2.74. The third-order valence-electron chi connectivity index (χ3n) is 2.61. The number of aromatic nitrogens is 2. The Morgan fingerprint density at radius 3 is 2.78 bits per heavy atom. The van der Waals surface area contributed by atoms with Crippen molar-refractivity contribution < 1.29 is 13.5 Å². The summed E-state index contributed by atoms with van der Waals surface area (Å²) in [6.45, 7) is 3.58. The predicted octanol–water partition coefficient (Wildman–Crippen LogP) is 0.0372. The number of nitrogens with one attached hydrogen (secondary N) is 1. The Labute approximate surface area is 108 Å². The van der Waals surface area contributed by atoms with Crippen LogP contribution in [0.1, 0.15) is 19.8 Å². The van der Waals surface area contributed by atoms with E-state index in [1.54, 1.807) is 4.68 Å². The van der Waals surface area contributed by atoms with E-state index in [1.807, 2.05) is 0 Å². The third-order valence-corrected chi connectivity index (χ3v) is 3.67. The predicted molar refractivity (Wildman–Crippen MR) is 69.1 cm³/mol. The minimum atomic E-state index is -3.20. The Kier molecular flexibility index (Phi) is 5.77. The first-order valence-electron chi connectivity index (χ1n) is 6.04. The van der Waals surface area contributed by atoms with E-state index in [-0.39, 0.29) is 17.5 Å². The first-order valence-corrected chi connectivity index (χ1v) is 7.93. The van der Waals surface area contributed by atoms with Crippen LogP contribution < -0.4 is 5.32 Å². The maximum absolute atomic E-state index is 11.3. The summed E-state index contributed by atoms with van der Waals surface area (Å²) in [7, 11) is -3.20. The van der Waals surface area contributed by atoms with Crippen molar-refractivity contribution in [3.63, 3.8) is 0 Å². The topological polar surface area (TPSA) is 84.2 Å². The van der Waals surface area contributed by atoms with Gasteiger partial charge in [0.25, 0.3) is 0 Å². The molecule has 0 aromatic carbocycles. The first kappa shape index (κ1) is 15.1. The van der Waals surface area contributed by atoms with Crippen molar-refractivity contribution in [3.8, 4) is 0 Å². The van der Waals surface area contributed by atoms with Crippen molar-refractivity contribution in [2.24, 2.45) is 0 Å². The molecule has 0 aliphatic rings. The lowest BCUT2D eigenvalue weighted by atomic mass is 10.2. The SMILES string of the molecule is CCCNC(CCO)Cn1cc(S(C)(=O)=O)cn1. The summed E-state index contributed by atoms with van der Waals surface area (Å²) in [6, 6.07) is 0.0993. The van der Waals surface area contributed by atoms with Gasteiger partial charge in [0.15, 0.2) is 9.84 Å². The van der Waals surface area contributed by atoms with Crippen molar-refractivity contribution in [2.75, 3.05) is 19.4 Å². The van der Waals surface area contributed by atoms with Crippen LogP contribution in [0.5, 0.6) is 0 Å². The largest absolute Gasteiger partial charge is 0.396 e. The summed E-state index contributed by atoms with van der Waals surface area (Å²) in [6.07, 6.45) is 5.66. The fourth-order valence-corrected chi connectivity index (χ4v) is 2.18. The van der Waals surface area contributed by atoms with Gasteiger partial charge in [-0.1, -0.05) is 6.92 Å². The van der Waals surface area contributed by atoms with Crippen molar-refractivity contribution in [1.29, 1.82) is 0 Å². The normalized spacial score (nSPS) is 13.7. The Bertz CT molecular complexity index is 456. The van der Waals surface area contributed by atoms with Crippen LogP contribution in [0.3, 0.4) is 0 Å². The monoisotopic (exact) mass is 275 g/mol. The number of hydrogen-bond donors (Lipinski definition) is 2. The van der Waals surface area contributed by atoms with Crippen LogP contribution >= 0.6 is 0 Å². The molecule has 0 saturated heterocycles. The smallest absolute Gasteiger partial charge is 0.178 e. The second-order valence-electron chi connectivity index (χ2n) is 4.33. The minimum absolute atomic E-state index is 0.0988. The zero-order valence-electron chi connectivity index (χ0n) is 10.8. The molecule has 0 aliphatic heterocycles. The van der Waals surface area contributed by atoms with Gasteiger partial charge in [-0.15, -0.1) is 0 Å². The van der Waals surface area contributed by atoms with E-state index in [9.17, 15) is 8.42 Å². The number of nitrogens with zero attached hydrogens (tertiary/aromatic N) is 2. The summed E-state index contributed by atoms with van der Waals surface area (Å²) in [4.78, 5) is 0.223. The van der Waals surface area contributed by atoms with E-state index in [0.717, 1.165) is 19.2 Å². The maximum Gasteiger partial charge on any atom is 0.178 e. The van der Waals surface area contributed by atoms with Crippen LogP contribution in [0.25, 0.3) is 0 Å². The zero-order chi connectivity index (χ0) is 13.6. The molecule has 6 nitrogen and oxygen atoms in total. The fourth-order valence-electron chi connectivity index (χ4n) is 1.62. The van der Waals surface area contributed by atoms with Crippen LogP contribution in [0.4, 0.5) is 0 Å². The molecule has 1 unspecified atom stereocenters. The lowest BCUT2D eigenvalue weighted by Gasteiger charge is -2.17. The molecule has 1 heterocycles. The molecule has 1 aromatic heterocycles. The lowest BCUT2D eigenvalue weighted by molar-refractivity contribution is 0.254. The molecule has 1 rings (SSSR count). The van der Waals surface area contributed by atoms with Crippen molar-refractivity contribution >= 4 is 9.84 Å². The van der Waals surface area contributed by atoms with E-state index in [4.69, 9.17) is 5.11 Å². The lowest BCUT2D eigenvalue weighted by Crippen LogP contribution is -2.34. The highest BCUT2D eigenvalue weighted by atomic mass is 32.2. The van der Waals surface area contributed by atoms with E-state index >= 15 is 0 Å². The molecular weight excluding hydrogens is 254 g/mol. The molecule has 18 heavy (non-hydrogen) atoms. The molecule has 7 heteroatoms. The van der Waals surface area contributed by atoms with E-state index < -0.39 is 9.84 Å². The highest BCUT2D eigenvalue weighted by molar-refractivity contribution is 7.90. The summed E-state index contributed by atoms with van der Waals surface area (Å²) >= 11 is 0. The quantitative estimate of drug-likeness (QED) is 0.699. The molecule has 0 aliphatic carbocycles. The van der Waals surface area contributed by atoms with E-state index in [2.05, 4.69) is 17.3 Å². The molecule has 1 atom stereocenters. The Morgan fingerprint density at radius 2 is 2.28 bits per heavy atom. The van der Waals surface area contributed by atoms with Crippen LogP contribution in [0, 0.1) is 0 Å². The van der Waals surface area contributed by atoms with Gasteiger partial charge in [0.05, 0.1) is 12.7 Å². The fraction of sp³-hybridized carbons (Fsp3) is 0.727. The number of sulfone groups is 1. The van der Waals surface area contributed by atoms with Crippen LogP contribution in [0.15, 0.2) is 17.3 Å². The Balaban J connectivity index is 2.66. The van der Waals surface area contributed by atoms with Crippen molar-refractivity contribution in [1.82, 2.24) is 15.1 Å². The summed E-state index contributed by atoms with van der Waals surface area (Å²) in [5.41, 5.74) is 0. The van der Waals surface area contributed by atoms with Gasteiger partial charge in [0, 0.05) is 25.1 Å². The van der Waals surface area contributed by atoms with Gasteiger partial charge in [-0.2, -0.15) is 5.10 Å². The molecule has 1 aromatic rings. The van der Waals surface area contributed by atoms with Gasteiger partial charge >= 0.3 is 0 Å². The van der Waals surface area contributed by atoms with E-state index in [1.165, 1.54) is 12.4 Å². The van der Waals surface area contributed by atoms with E-state index in [0.29, 0.717) is 13.0 Å². The zero-order valence-corrected chi connectivity index (χ0v) is 11.7. The third kappa shape index (κ3) is 4.75. The number of rotatable bonds is 8. The molecule has 0 spiro atoms. The second kappa shape index (κ2) is 6.86. The molecule has 0 saturated carbocycles. The van der Waals surface area contributed by atoms with Crippen LogP contribution in [-0.2, 0) is 16.4 Å². The molecular formula is C11H21N3O3S. The van der Waals surface area contributed by atoms with Crippen LogP contribution in [0.2, 0.25) is 0 Å². The average molecular weight is 275 g/mol. The standard InChI is InChI=1S/C11H21N3O3S/c1-3-5-12-10(4-6-15)8-14-9-11(7-13-14)18(2,16)17/h7,9-10,12,15H,3-6,8H2,1-2H3. The van der Waals surface area contributed by atoms with Gasteiger partial charge < -0.3 is 10.4 Å².